The van der Waals surface area contributed by atoms with Crippen LogP contribution in [-0.4, -0.2) is 67.8 Å². The number of hydrogen-bond acceptors (Lipinski definition) is 5. The average Bonchev–Trinajstić information content (AvgIpc) is 2.59. The Kier molecular flexibility index (Phi) is 4.30. The van der Waals surface area contributed by atoms with Gasteiger partial charge in [0.05, 0.1) is 18.3 Å². The van der Waals surface area contributed by atoms with E-state index < -0.39 is 5.97 Å². The van der Waals surface area contributed by atoms with E-state index in [1.165, 1.54) is 13.2 Å². The fraction of sp³-hybridized carbons (Fsp3) is 0.632. The van der Waals surface area contributed by atoms with Crippen molar-refractivity contribution in [3.8, 4) is 0 Å². The first kappa shape index (κ1) is 16.9. The number of halogens is 1. The van der Waals surface area contributed by atoms with Crippen LogP contribution in [0.5, 0.6) is 0 Å². The molecule has 136 valence electrons. The molecular weight excluding hydrogens is 323 g/mol. The van der Waals surface area contributed by atoms with Crippen LogP contribution in [-0.2, 0) is 22.4 Å². The molecule has 1 spiro atoms. The van der Waals surface area contributed by atoms with Crippen molar-refractivity contribution in [3.63, 3.8) is 0 Å². The molecular formula is C19H25FN2O3. The molecule has 3 heterocycles. The Bertz CT molecular complexity index is 682. The van der Waals surface area contributed by atoms with Gasteiger partial charge in [-0.2, -0.15) is 0 Å². The van der Waals surface area contributed by atoms with Gasteiger partial charge in [0.25, 0.3) is 0 Å². The number of benzene rings is 1. The molecule has 1 atom stereocenters. The Hall–Kier alpha value is -1.50. The minimum atomic E-state index is -0.482. The Morgan fingerprint density at radius 3 is 2.92 bits per heavy atom. The molecule has 1 aromatic rings. The summed E-state index contributed by atoms with van der Waals surface area (Å²) in [4.78, 5) is 16.4. The Labute approximate surface area is 147 Å². The summed E-state index contributed by atoms with van der Waals surface area (Å²) in [5, 5.41) is 0. The third-order valence-electron chi connectivity index (χ3n) is 5.84. The quantitative estimate of drug-likeness (QED) is 0.763. The number of likely N-dealkylation sites (N-methyl/N-ethyl adjacent to an activating group) is 1. The van der Waals surface area contributed by atoms with Crippen LogP contribution >= 0.6 is 0 Å². The van der Waals surface area contributed by atoms with Crippen LogP contribution in [0.2, 0.25) is 0 Å². The van der Waals surface area contributed by atoms with E-state index >= 15 is 0 Å². The molecule has 25 heavy (non-hydrogen) atoms. The fourth-order valence-corrected chi connectivity index (χ4v) is 4.66. The molecule has 0 N–H and O–H groups in total. The van der Waals surface area contributed by atoms with Crippen LogP contribution in [0.15, 0.2) is 12.1 Å². The highest BCUT2D eigenvalue weighted by Crippen LogP contribution is 2.37. The second-order valence-corrected chi connectivity index (χ2v) is 7.66. The number of esters is 1. The summed E-state index contributed by atoms with van der Waals surface area (Å²) in [5.41, 5.74) is 1.97. The number of rotatable bonds is 2. The molecule has 0 saturated carbocycles. The van der Waals surface area contributed by atoms with Gasteiger partial charge in [-0.25, -0.2) is 9.18 Å². The van der Waals surface area contributed by atoms with Crippen molar-refractivity contribution in [3.05, 3.63) is 34.6 Å². The maximum absolute atomic E-state index is 14.6. The third-order valence-corrected chi connectivity index (χ3v) is 5.84. The molecule has 6 heteroatoms. The first-order chi connectivity index (χ1) is 12.0. The molecule has 4 rings (SSSR count). The second kappa shape index (κ2) is 6.34. The average molecular weight is 348 g/mol. The number of hydrogen-bond donors (Lipinski definition) is 0. The number of fused-ring (bicyclic) bond motifs is 1. The standard InChI is InChI=1S/C19H25FN2O3/c1-21-11-19(12-21)9-15(4-6-25-19)22-5-3-13-7-14(18(23)24-2)8-17(20)16(13)10-22/h7-8,15H,3-6,9-12H2,1-2H3/t15-/m0/s1. The van der Waals surface area contributed by atoms with Crippen LogP contribution in [0.4, 0.5) is 4.39 Å². The van der Waals surface area contributed by atoms with Gasteiger partial charge in [0, 0.05) is 44.4 Å². The second-order valence-electron chi connectivity index (χ2n) is 7.66. The summed E-state index contributed by atoms with van der Waals surface area (Å²) in [6.45, 7) is 4.27. The number of methoxy groups -OCH3 is 1. The minimum absolute atomic E-state index is 0.00519. The predicted molar refractivity (Wildman–Crippen MR) is 91.1 cm³/mol. The molecule has 3 aliphatic rings. The maximum atomic E-state index is 14.6. The zero-order valence-corrected chi connectivity index (χ0v) is 14.9. The molecule has 2 fully saturated rings. The number of ether oxygens (including phenoxy) is 2. The lowest BCUT2D eigenvalue weighted by atomic mass is 9.82. The van der Waals surface area contributed by atoms with Crippen LogP contribution in [0, 0.1) is 5.82 Å². The Morgan fingerprint density at radius 1 is 1.40 bits per heavy atom. The summed E-state index contributed by atoms with van der Waals surface area (Å²) in [5.74, 6) is -0.780. The van der Waals surface area contributed by atoms with Crippen molar-refractivity contribution >= 4 is 5.97 Å². The van der Waals surface area contributed by atoms with Gasteiger partial charge in [-0.15, -0.1) is 0 Å². The van der Waals surface area contributed by atoms with Crippen molar-refractivity contribution in [2.45, 2.75) is 37.5 Å². The predicted octanol–water partition coefficient (Wildman–Crippen LogP) is 1.83. The van der Waals surface area contributed by atoms with Gasteiger partial charge < -0.3 is 14.4 Å². The molecule has 0 aromatic heterocycles. The molecule has 0 aliphatic carbocycles. The van der Waals surface area contributed by atoms with Gasteiger partial charge in [0.1, 0.15) is 5.82 Å². The summed E-state index contributed by atoms with van der Waals surface area (Å²) in [6, 6.07) is 3.53. The molecule has 3 aliphatic heterocycles. The van der Waals surface area contributed by atoms with Gasteiger partial charge >= 0.3 is 5.97 Å². The lowest BCUT2D eigenvalue weighted by Crippen LogP contribution is -2.66. The van der Waals surface area contributed by atoms with E-state index in [9.17, 15) is 9.18 Å². The Morgan fingerprint density at radius 2 is 2.20 bits per heavy atom. The highest BCUT2D eigenvalue weighted by Gasteiger charge is 2.47. The zero-order valence-electron chi connectivity index (χ0n) is 14.9. The van der Waals surface area contributed by atoms with Crippen LogP contribution < -0.4 is 0 Å². The number of carbonyl (C=O) groups is 1. The lowest BCUT2D eigenvalue weighted by Gasteiger charge is -2.54. The van der Waals surface area contributed by atoms with Crippen molar-refractivity contribution in [1.29, 1.82) is 0 Å². The smallest absolute Gasteiger partial charge is 0.337 e. The topological polar surface area (TPSA) is 42.0 Å². The minimum Gasteiger partial charge on any atom is -0.465 e. The van der Waals surface area contributed by atoms with Gasteiger partial charge in [-0.3, -0.25) is 4.90 Å². The lowest BCUT2D eigenvalue weighted by molar-refractivity contribution is -0.176. The molecule has 0 bridgehead atoms. The van der Waals surface area contributed by atoms with Crippen molar-refractivity contribution < 1.29 is 18.7 Å². The van der Waals surface area contributed by atoms with E-state index in [0.717, 1.165) is 56.6 Å². The van der Waals surface area contributed by atoms with Crippen molar-refractivity contribution in [2.75, 3.05) is 40.4 Å². The van der Waals surface area contributed by atoms with E-state index in [0.29, 0.717) is 18.2 Å². The Balaban J connectivity index is 1.50. The van der Waals surface area contributed by atoms with E-state index in [-0.39, 0.29) is 11.4 Å². The van der Waals surface area contributed by atoms with Crippen molar-refractivity contribution in [2.24, 2.45) is 0 Å². The van der Waals surface area contributed by atoms with E-state index in [1.807, 2.05) is 0 Å². The van der Waals surface area contributed by atoms with Crippen LogP contribution in [0.3, 0.4) is 0 Å². The van der Waals surface area contributed by atoms with Crippen LogP contribution in [0.25, 0.3) is 0 Å². The maximum Gasteiger partial charge on any atom is 0.337 e. The summed E-state index contributed by atoms with van der Waals surface area (Å²) in [7, 11) is 3.43. The molecule has 0 radical (unpaired) electrons. The first-order valence-electron chi connectivity index (χ1n) is 8.96. The monoisotopic (exact) mass is 348 g/mol. The fourth-order valence-electron chi connectivity index (χ4n) is 4.66. The molecule has 0 unspecified atom stereocenters. The first-order valence-corrected chi connectivity index (χ1v) is 8.96. The summed E-state index contributed by atoms with van der Waals surface area (Å²) in [6.07, 6.45) is 2.79. The summed E-state index contributed by atoms with van der Waals surface area (Å²) >= 11 is 0. The number of nitrogens with zero attached hydrogens (tertiary/aromatic N) is 2. The van der Waals surface area contributed by atoms with Gasteiger partial charge in [-0.1, -0.05) is 0 Å². The molecule has 1 aromatic carbocycles. The third kappa shape index (κ3) is 3.07. The SMILES string of the molecule is COC(=O)c1cc(F)c2c(c1)CCN([C@H]1CCOC3(C1)CN(C)C3)C2. The van der Waals surface area contributed by atoms with E-state index in [2.05, 4.69) is 16.8 Å². The van der Waals surface area contributed by atoms with Crippen LogP contribution in [0.1, 0.15) is 34.3 Å². The van der Waals surface area contributed by atoms with Crippen molar-refractivity contribution in [1.82, 2.24) is 9.80 Å². The van der Waals surface area contributed by atoms with E-state index in [4.69, 9.17) is 9.47 Å². The molecule has 0 amide bonds. The highest BCUT2D eigenvalue weighted by molar-refractivity contribution is 5.89. The normalized spacial score (nSPS) is 26.1. The van der Waals surface area contributed by atoms with Gasteiger partial charge in [0.15, 0.2) is 0 Å². The summed E-state index contributed by atoms with van der Waals surface area (Å²) < 4.78 is 25.3. The largest absolute Gasteiger partial charge is 0.465 e. The van der Waals surface area contributed by atoms with Gasteiger partial charge in [0.2, 0.25) is 0 Å². The van der Waals surface area contributed by atoms with Gasteiger partial charge in [-0.05, 0) is 44.0 Å². The zero-order chi connectivity index (χ0) is 17.6. The van der Waals surface area contributed by atoms with E-state index in [1.54, 1.807) is 6.07 Å². The molecule has 2 saturated heterocycles. The number of likely N-dealkylation sites (tertiary alicyclic amines) is 1. The number of carbonyl (C=O) groups excluding carboxylic acids is 1. The molecule has 5 nitrogen and oxygen atoms in total. The highest BCUT2D eigenvalue weighted by atomic mass is 19.1.